The van der Waals surface area contributed by atoms with Crippen molar-refractivity contribution in [2.75, 3.05) is 26.9 Å². The average molecular weight is 319 g/mol. The molecule has 1 aromatic rings. The van der Waals surface area contributed by atoms with Crippen molar-refractivity contribution < 1.29 is 14.6 Å². The Morgan fingerprint density at radius 1 is 1.35 bits per heavy atom. The lowest BCUT2D eigenvalue weighted by atomic mass is 9.80. The molecule has 0 spiro atoms. The molecule has 2 N–H and O–H groups in total. The normalized spacial score (nSPS) is 18.5. The summed E-state index contributed by atoms with van der Waals surface area (Å²) in [5.41, 5.74) is 0.532. The Hall–Kier alpha value is -1.95. The summed E-state index contributed by atoms with van der Waals surface area (Å²) >= 11 is 0. The van der Waals surface area contributed by atoms with Crippen LogP contribution in [0, 0.1) is 0 Å². The third-order valence-electron chi connectivity index (χ3n) is 4.36. The predicted molar refractivity (Wildman–Crippen MR) is 88.8 cm³/mol. The molecule has 3 rings (SSSR count). The van der Waals surface area contributed by atoms with Crippen molar-refractivity contribution in [3.8, 4) is 11.5 Å². The smallest absolute Gasteiger partial charge is 0.231 e. The van der Waals surface area contributed by atoms with Crippen molar-refractivity contribution in [3.05, 3.63) is 23.8 Å². The number of nitrogens with one attached hydrogen (secondary N) is 1. The maximum absolute atomic E-state index is 10.2. The molecule has 2 aliphatic rings. The van der Waals surface area contributed by atoms with Gasteiger partial charge in [0.2, 0.25) is 6.79 Å². The van der Waals surface area contributed by atoms with Crippen molar-refractivity contribution in [1.82, 2.24) is 10.2 Å². The SMILES string of the molecule is CCNC(=NCC1(O)CCC1)N(C)Cc1ccc2c(c1)OCO2. The van der Waals surface area contributed by atoms with Gasteiger partial charge in [0.05, 0.1) is 12.1 Å². The molecule has 1 aliphatic carbocycles. The number of hydrogen-bond donors (Lipinski definition) is 2. The summed E-state index contributed by atoms with van der Waals surface area (Å²) in [6.07, 6.45) is 2.79. The third kappa shape index (κ3) is 3.69. The summed E-state index contributed by atoms with van der Waals surface area (Å²) in [6.45, 7) is 4.30. The molecule has 0 amide bonds. The summed E-state index contributed by atoms with van der Waals surface area (Å²) < 4.78 is 10.8. The first kappa shape index (κ1) is 15.9. The number of benzene rings is 1. The number of rotatable bonds is 5. The fourth-order valence-electron chi connectivity index (χ4n) is 2.82. The Kier molecular flexibility index (Phi) is 4.61. The molecule has 0 bridgehead atoms. The van der Waals surface area contributed by atoms with E-state index in [-0.39, 0.29) is 6.79 Å². The molecule has 0 aromatic heterocycles. The molecule has 126 valence electrons. The van der Waals surface area contributed by atoms with Crippen LogP contribution in [0.15, 0.2) is 23.2 Å². The lowest BCUT2D eigenvalue weighted by Gasteiger charge is -2.35. The van der Waals surface area contributed by atoms with Gasteiger partial charge in [0.1, 0.15) is 0 Å². The molecule has 0 atom stereocenters. The van der Waals surface area contributed by atoms with Crippen molar-refractivity contribution in [3.63, 3.8) is 0 Å². The molecule has 0 saturated heterocycles. The van der Waals surface area contributed by atoms with Gasteiger partial charge in [0.25, 0.3) is 0 Å². The van der Waals surface area contributed by atoms with Crippen molar-refractivity contribution >= 4 is 5.96 Å². The maximum atomic E-state index is 10.2. The zero-order chi connectivity index (χ0) is 16.3. The maximum Gasteiger partial charge on any atom is 0.231 e. The van der Waals surface area contributed by atoms with Gasteiger partial charge in [-0.15, -0.1) is 0 Å². The van der Waals surface area contributed by atoms with Gasteiger partial charge in [-0.1, -0.05) is 6.07 Å². The summed E-state index contributed by atoms with van der Waals surface area (Å²) in [5.74, 6) is 2.40. The summed E-state index contributed by atoms with van der Waals surface area (Å²) in [4.78, 5) is 6.66. The van der Waals surface area contributed by atoms with Crippen molar-refractivity contribution in [2.45, 2.75) is 38.3 Å². The van der Waals surface area contributed by atoms with E-state index in [0.29, 0.717) is 13.1 Å². The molecule has 1 aliphatic heterocycles. The van der Waals surface area contributed by atoms with Crippen LogP contribution in [0.2, 0.25) is 0 Å². The fourth-order valence-corrected chi connectivity index (χ4v) is 2.82. The second-order valence-corrected chi connectivity index (χ2v) is 6.29. The summed E-state index contributed by atoms with van der Waals surface area (Å²) in [6, 6.07) is 5.97. The molecule has 1 saturated carbocycles. The Labute approximate surface area is 137 Å². The lowest BCUT2D eigenvalue weighted by Crippen LogP contribution is -2.43. The first-order valence-electron chi connectivity index (χ1n) is 8.20. The van der Waals surface area contributed by atoms with Crippen LogP contribution < -0.4 is 14.8 Å². The van der Waals surface area contributed by atoms with E-state index < -0.39 is 5.60 Å². The van der Waals surface area contributed by atoms with Crippen LogP contribution in [0.4, 0.5) is 0 Å². The van der Waals surface area contributed by atoms with Gasteiger partial charge < -0.3 is 24.8 Å². The van der Waals surface area contributed by atoms with Crippen LogP contribution in [0.5, 0.6) is 11.5 Å². The topological polar surface area (TPSA) is 66.3 Å². The molecule has 0 unspecified atom stereocenters. The van der Waals surface area contributed by atoms with E-state index in [4.69, 9.17) is 9.47 Å². The van der Waals surface area contributed by atoms with Crippen LogP contribution in [-0.2, 0) is 6.54 Å². The summed E-state index contributed by atoms with van der Waals surface area (Å²) in [5, 5.41) is 13.5. The largest absolute Gasteiger partial charge is 0.454 e. The minimum absolute atomic E-state index is 0.289. The first-order valence-corrected chi connectivity index (χ1v) is 8.20. The molecule has 6 heteroatoms. The molecule has 6 nitrogen and oxygen atoms in total. The highest BCUT2D eigenvalue weighted by Crippen LogP contribution is 2.33. The molecular formula is C17H25N3O3. The van der Waals surface area contributed by atoms with Gasteiger partial charge in [-0.2, -0.15) is 0 Å². The monoisotopic (exact) mass is 319 g/mol. The highest BCUT2D eigenvalue weighted by Gasteiger charge is 2.34. The number of nitrogens with zero attached hydrogens (tertiary/aromatic N) is 2. The Balaban J connectivity index is 1.65. The quantitative estimate of drug-likeness (QED) is 0.639. The van der Waals surface area contributed by atoms with Gasteiger partial charge in [-0.3, -0.25) is 4.99 Å². The molecule has 1 heterocycles. The number of fused-ring (bicyclic) bond motifs is 1. The van der Waals surface area contributed by atoms with Gasteiger partial charge in [0, 0.05) is 20.1 Å². The molecule has 0 radical (unpaired) electrons. The number of ether oxygens (including phenoxy) is 2. The highest BCUT2D eigenvalue weighted by atomic mass is 16.7. The number of aliphatic imine (C=N–C) groups is 1. The van der Waals surface area contributed by atoms with Crippen LogP contribution >= 0.6 is 0 Å². The van der Waals surface area contributed by atoms with E-state index in [1.54, 1.807) is 0 Å². The standard InChI is InChI=1S/C17H25N3O3/c1-3-18-16(19-11-17(21)7-4-8-17)20(2)10-13-5-6-14-15(9-13)23-12-22-14/h5-6,9,21H,3-4,7-8,10-12H2,1-2H3,(H,18,19). The molecule has 1 fully saturated rings. The van der Waals surface area contributed by atoms with Gasteiger partial charge in [0.15, 0.2) is 17.5 Å². The third-order valence-corrected chi connectivity index (χ3v) is 4.36. The van der Waals surface area contributed by atoms with Gasteiger partial charge in [-0.25, -0.2) is 0 Å². The zero-order valence-electron chi connectivity index (χ0n) is 13.8. The second-order valence-electron chi connectivity index (χ2n) is 6.29. The van der Waals surface area contributed by atoms with E-state index in [9.17, 15) is 5.11 Å². The van der Waals surface area contributed by atoms with Gasteiger partial charge >= 0.3 is 0 Å². The van der Waals surface area contributed by atoms with Gasteiger partial charge in [-0.05, 0) is 43.9 Å². The Morgan fingerprint density at radius 3 is 2.83 bits per heavy atom. The van der Waals surface area contributed by atoms with E-state index in [1.807, 2.05) is 32.2 Å². The van der Waals surface area contributed by atoms with E-state index in [0.717, 1.165) is 48.8 Å². The predicted octanol–water partition coefficient (Wildman–Crippen LogP) is 1.73. The molecule has 23 heavy (non-hydrogen) atoms. The van der Waals surface area contributed by atoms with Crippen LogP contribution in [0.25, 0.3) is 0 Å². The molecular weight excluding hydrogens is 294 g/mol. The Morgan fingerprint density at radius 2 is 2.13 bits per heavy atom. The molecule has 1 aromatic carbocycles. The van der Waals surface area contributed by atoms with E-state index >= 15 is 0 Å². The summed E-state index contributed by atoms with van der Waals surface area (Å²) in [7, 11) is 2.00. The Bertz CT molecular complexity index is 584. The number of hydrogen-bond acceptors (Lipinski definition) is 4. The lowest BCUT2D eigenvalue weighted by molar-refractivity contribution is -0.0237. The van der Waals surface area contributed by atoms with Crippen LogP contribution in [-0.4, -0.2) is 48.5 Å². The number of aliphatic hydroxyl groups is 1. The minimum Gasteiger partial charge on any atom is -0.454 e. The van der Waals surface area contributed by atoms with E-state index in [2.05, 4.69) is 15.2 Å². The zero-order valence-corrected chi connectivity index (χ0v) is 13.8. The fraction of sp³-hybridized carbons (Fsp3) is 0.588. The van der Waals surface area contributed by atoms with Crippen molar-refractivity contribution in [2.24, 2.45) is 4.99 Å². The van der Waals surface area contributed by atoms with Crippen LogP contribution in [0.3, 0.4) is 0 Å². The minimum atomic E-state index is -0.597. The van der Waals surface area contributed by atoms with Crippen molar-refractivity contribution in [1.29, 1.82) is 0 Å². The second kappa shape index (κ2) is 6.66. The van der Waals surface area contributed by atoms with E-state index in [1.165, 1.54) is 0 Å². The van der Waals surface area contributed by atoms with Crippen LogP contribution in [0.1, 0.15) is 31.7 Å². The number of guanidine groups is 1. The first-order chi connectivity index (χ1) is 11.1. The average Bonchev–Trinajstić information content (AvgIpc) is 2.97. The highest BCUT2D eigenvalue weighted by molar-refractivity contribution is 5.79.